The summed E-state index contributed by atoms with van der Waals surface area (Å²) in [7, 11) is 0. The summed E-state index contributed by atoms with van der Waals surface area (Å²) in [4.78, 5) is 12.1. The zero-order valence-electron chi connectivity index (χ0n) is 14.3. The van der Waals surface area contributed by atoms with Gasteiger partial charge in [0, 0.05) is 16.9 Å². The fourth-order valence-electron chi connectivity index (χ4n) is 4.02. The zero-order valence-corrected chi connectivity index (χ0v) is 15.1. The van der Waals surface area contributed by atoms with Crippen LogP contribution in [-0.2, 0) is 10.5 Å². The average molecular weight is 334 g/mol. The topological polar surface area (TPSA) is 35.5 Å². The zero-order chi connectivity index (χ0) is 16.5. The summed E-state index contributed by atoms with van der Waals surface area (Å²) in [5.41, 5.74) is 1.09. The molecule has 23 heavy (non-hydrogen) atoms. The molecule has 1 aromatic rings. The Hall–Kier alpha value is -1.16. The number of benzene rings is 1. The summed E-state index contributed by atoms with van der Waals surface area (Å²) in [5, 5.41) is 0. The number of thioether (sulfide) groups is 1. The molecule has 1 fully saturated rings. The maximum atomic E-state index is 12.1. The molecule has 2 aliphatic rings. The fourth-order valence-corrected chi connectivity index (χ4v) is 5.62. The van der Waals surface area contributed by atoms with Crippen molar-refractivity contribution in [1.82, 2.24) is 0 Å². The molecule has 3 nitrogen and oxygen atoms in total. The highest BCUT2D eigenvalue weighted by molar-refractivity contribution is 7.98. The number of aldehydes is 1. The molecule has 0 radical (unpaired) electrons. The van der Waals surface area contributed by atoms with E-state index >= 15 is 0 Å². The molecular formula is C19H26O3S. The Morgan fingerprint density at radius 2 is 2.09 bits per heavy atom. The minimum absolute atomic E-state index is 0.0777. The van der Waals surface area contributed by atoms with Crippen molar-refractivity contribution in [2.75, 3.05) is 12.5 Å². The molecular weight excluding hydrogens is 308 g/mol. The summed E-state index contributed by atoms with van der Waals surface area (Å²) in [5.74, 6) is 3.89. The van der Waals surface area contributed by atoms with Crippen molar-refractivity contribution < 1.29 is 14.3 Å². The van der Waals surface area contributed by atoms with Gasteiger partial charge in [0.25, 0.3) is 0 Å². The molecule has 0 N–H and O–H groups in total. The molecule has 0 aromatic heterocycles. The van der Waals surface area contributed by atoms with E-state index in [2.05, 4.69) is 32.9 Å². The molecule has 2 unspecified atom stereocenters. The van der Waals surface area contributed by atoms with Gasteiger partial charge in [-0.2, -0.15) is 11.8 Å². The summed E-state index contributed by atoms with van der Waals surface area (Å²) in [6.07, 6.45) is 4.79. The monoisotopic (exact) mass is 334 g/mol. The lowest BCUT2D eigenvalue weighted by molar-refractivity contribution is -0.128. The van der Waals surface area contributed by atoms with Crippen LogP contribution in [0.1, 0.15) is 45.6 Å². The van der Waals surface area contributed by atoms with Crippen LogP contribution in [-0.4, -0.2) is 18.8 Å². The van der Waals surface area contributed by atoms with E-state index < -0.39 is 0 Å². The minimum Gasteiger partial charge on any atom is -0.454 e. The Kier molecular flexibility index (Phi) is 4.63. The van der Waals surface area contributed by atoms with E-state index in [4.69, 9.17) is 9.47 Å². The highest BCUT2D eigenvalue weighted by atomic mass is 32.2. The molecule has 1 aliphatic heterocycles. The Bertz CT molecular complexity index is 584. The summed E-state index contributed by atoms with van der Waals surface area (Å²) >= 11 is 1.86. The van der Waals surface area contributed by atoms with E-state index in [1.807, 2.05) is 17.8 Å². The number of carbonyl (C=O) groups excluding carboxylic acids is 1. The Balaban J connectivity index is 1.67. The second-order valence-electron chi connectivity index (χ2n) is 7.52. The van der Waals surface area contributed by atoms with E-state index in [-0.39, 0.29) is 10.8 Å². The predicted molar refractivity (Wildman–Crippen MR) is 94.0 cm³/mol. The van der Waals surface area contributed by atoms with Gasteiger partial charge in [-0.05, 0) is 41.9 Å². The van der Waals surface area contributed by atoms with Gasteiger partial charge in [0.05, 0.1) is 0 Å². The van der Waals surface area contributed by atoms with Crippen LogP contribution in [0.3, 0.4) is 0 Å². The van der Waals surface area contributed by atoms with Gasteiger partial charge in [0.1, 0.15) is 6.29 Å². The van der Waals surface area contributed by atoms with Gasteiger partial charge in [-0.15, -0.1) is 0 Å². The normalized spacial score (nSPS) is 28.6. The van der Waals surface area contributed by atoms with Gasteiger partial charge in [-0.25, -0.2) is 0 Å². The Morgan fingerprint density at radius 3 is 2.83 bits per heavy atom. The molecule has 3 rings (SSSR count). The van der Waals surface area contributed by atoms with E-state index in [0.717, 1.165) is 35.8 Å². The van der Waals surface area contributed by atoms with Crippen molar-refractivity contribution >= 4 is 18.0 Å². The second kappa shape index (κ2) is 6.39. The summed E-state index contributed by atoms with van der Waals surface area (Å²) < 4.78 is 10.8. The van der Waals surface area contributed by atoms with Crippen LogP contribution in [0.5, 0.6) is 11.5 Å². The van der Waals surface area contributed by atoms with Gasteiger partial charge < -0.3 is 14.3 Å². The summed E-state index contributed by atoms with van der Waals surface area (Å²) in [6.45, 7) is 7.08. The lowest BCUT2D eigenvalue weighted by atomic mass is 9.55. The third-order valence-corrected chi connectivity index (χ3v) is 7.05. The molecule has 1 saturated carbocycles. The number of ether oxygens (including phenoxy) is 2. The number of hydrogen-bond acceptors (Lipinski definition) is 4. The molecule has 126 valence electrons. The largest absolute Gasteiger partial charge is 0.454 e. The minimum atomic E-state index is -0.216. The molecule has 0 amide bonds. The molecule has 2 atom stereocenters. The Labute approximate surface area is 143 Å². The van der Waals surface area contributed by atoms with Crippen molar-refractivity contribution in [2.45, 2.75) is 45.8 Å². The molecule has 0 bridgehead atoms. The average Bonchev–Trinajstić information content (AvgIpc) is 2.97. The Morgan fingerprint density at radius 1 is 1.30 bits per heavy atom. The molecule has 4 heteroatoms. The standard InChI is InChI=1S/C19H26O3S/c1-14-5-4-8-18(2,3)19(14,11-20)12-23-10-15-6-7-16-17(9-15)22-13-21-16/h6-7,9,11,14H,4-5,8,10,12-13H2,1-3H3. The van der Waals surface area contributed by atoms with Crippen molar-refractivity contribution in [1.29, 1.82) is 0 Å². The van der Waals surface area contributed by atoms with E-state index in [1.54, 1.807) is 0 Å². The van der Waals surface area contributed by atoms with E-state index in [9.17, 15) is 4.79 Å². The van der Waals surface area contributed by atoms with Gasteiger partial charge in [0.15, 0.2) is 11.5 Å². The third-order valence-electron chi connectivity index (χ3n) is 5.84. The second-order valence-corrected chi connectivity index (χ2v) is 8.50. The van der Waals surface area contributed by atoms with Gasteiger partial charge >= 0.3 is 0 Å². The first-order valence-electron chi connectivity index (χ1n) is 8.41. The van der Waals surface area contributed by atoms with E-state index in [0.29, 0.717) is 12.7 Å². The van der Waals surface area contributed by atoms with Crippen molar-refractivity contribution in [2.24, 2.45) is 16.7 Å². The summed E-state index contributed by atoms with van der Waals surface area (Å²) in [6, 6.07) is 6.11. The highest BCUT2D eigenvalue weighted by Gasteiger charge is 2.50. The fraction of sp³-hybridized carbons (Fsp3) is 0.632. The molecule has 1 aromatic carbocycles. The number of fused-ring (bicyclic) bond motifs is 1. The molecule has 0 saturated heterocycles. The first-order chi connectivity index (χ1) is 11.0. The number of hydrogen-bond donors (Lipinski definition) is 0. The highest BCUT2D eigenvalue weighted by Crippen LogP contribution is 2.54. The quantitative estimate of drug-likeness (QED) is 0.733. The van der Waals surface area contributed by atoms with Crippen LogP contribution in [0.15, 0.2) is 18.2 Å². The van der Waals surface area contributed by atoms with Crippen LogP contribution < -0.4 is 9.47 Å². The maximum Gasteiger partial charge on any atom is 0.231 e. The van der Waals surface area contributed by atoms with Crippen LogP contribution in [0, 0.1) is 16.7 Å². The lowest BCUT2D eigenvalue weighted by Crippen LogP contribution is -2.49. The maximum absolute atomic E-state index is 12.1. The smallest absolute Gasteiger partial charge is 0.231 e. The van der Waals surface area contributed by atoms with E-state index in [1.165, 1.54) is 18.3 Å². The lowest BCUT2D eigenvalue weighted by Gasteiger charge is -2.50. The van der Waals surface area contributed by atoms with Crippen molar-refractivity contribution in [3.63, 3.8) is 0 Å². The molecule has 0 spiro atoms. The van der Waals surface area contributed by atoms with Crippen LogP contribution in [0.2, 0.25) is 0 Å². The third kappa shape index (κ3) is 2.98. The predicted octanol–water partition coefficient (Wildman–Crippen LogP) is 4.68. The van der Waals surface area contributed by atoms with Crippen LogP contribution in [0.4, 0.5) is 0 Å². The van der Waals surface area contributed by atoms with Gasteiger partial charge in [0.2, 0.25) is 6.79 Å². The first kappa shape index (κ1) is 16.7. The SMILES string of the molecule is CC1CCCC(C)(C)C1(C=O)CSCc1ccc2c(c1)OCO2. The number of carbonyl (C=O) groups is 1. The van der Waals surface area contributed by atoms with Crippen LogP contribution >= 0.6 is 11.8 Å². The van der Waals surface area contributed by atoms with Crippen molar-refractivity contribution in [3.05, 3.63) is 23.8 Å². The number of rotatable bonds is 5. The first-order valence-corrected chi connectivity index (χ1v) is 9.56. The van der Waals surface area contributed by atoms with Gasteiger partial charge in [-0.1, -0.05) is 33.3 Å². The molecule has 1 heterocycles. The molecule has 1 aliphatic carbocycles. The van der Waals surface area contributed by atoms with Crippen molar-refractivity contribution in [3.8, 4) is 11.5 Å². The van der Waals surface area contributed by atoms with Gasteiger partial charge in [-0.3, -0.25) is 0 Å². The van der Waals surface area contributed by atoms with Crippen LogP contribution in [0.25, 0.3) is 0 Å².